The van der Waals surface area contributed by atoms with Gasteiger partial charge in [0.2, 0.25) is 5.95 Å². The molecule has 1 heterocycles. The van der Waals surface area contributed by atoms with Crippen LogP contribution >= 0.6 is 11.6 Å². The molecule has 1 aromatic heterocycles. The summed E-state index contributed by atoms with van der Waals surface area (Å²) in [5, 5.41) is 3.40. The van der Waals surface area contributed by atoms with Crippen LogP contribution in [0.5, 0.6) is 0 Å². The summed E-state index contributed by atoms with van der Waals surface area (Å²) in [5.74, 6) is 0.0938. The number of nitrogens with one attached hydrogen (secondary N) is 1. The van der Waals surface area contributed by atoms with Crippen LogP contribution in [-0.4, -0.2) is 16.5 Å². The lowest BCUT2D eigenvalue weighted by molar-refractivity contribution is 0.631. The third-order valence-electron chi connectivity index (χ3n) is 2.41. The highest BCUT2D eigenvalue weighted by atomic mass is 35.5. The van der Waals surface area contributed by atoms with Crippen molar-refractivity contribution in [3.63, 3.8) is 0 Å². The molecule has 0 radical (unpaired) electrons. The zero-order valence-corrected chi connectivity index (χ0v) is 10.7. The lowest BCUT2D eigenvalue weighted by Crippen LogP contribution is -2.04. The molecule has 3 nitrogen and oxygen atoms in total. The standard InChI is InChI=1S/C13H13ClFN3/c1-2-7-16-13-17-8-6-11(18-13)12-9(14)4-3-5-10(12)15/h3-6,8H,2,7H2,1H3,(H,16,17,18). The van der Waals surface area contributed by atoms with Gasteiger partial charge in [0, 0.05) is 12.7 Å². The van der Waals surface area contributed by atoms with Crippen LogP contribution in [0.1, 0.15) is 13.3 Å². The van der Waals surface area contributed by atoms with Gasteiger partial charge in [0.25, 0.3) is 0 Å². The number of nitrogens with zero attached hydrogens (tertiary/aromatic N) is 2. The van der Waals surface area contributed by atoms with Crippen molar-refractivity contribution in [2.45, 2.75) is 13.3 Å². The third kappa shape index (κ3) is 2.76. The molecule has 1 N–H and O–H groups in total. The van der Waals surface area contributed by atoms with E-state index in [-0.39, 0.29) is 5.82 Å². The molecule has 2 rings (SSSR count). The summed E-state index contributed by atoms with van der Waals surface area (Å²) in [6.07, 6.45) is 2.55. The maximum atomic E-state index is 13.8. The molecule has 0 saturated carbocycles. The zero-order valence-electron chi connectivity index (χ0n) is 9.95. The van der Waals surface area contributed by atoms with Crippen LogP contribution in [-0.2, 0) is 0 Å². The number of aromatic nitrogens is 2. The SMILES string of the molecule is CCCNc1nccc(-c2c(F)cccc2Cl)n1. The topological polar surface area (TPSA) is 37.8 Å². The summed E-state index contributed by atoms with van der Waals surface area (Å²) >= 11 is 6.00. The Kier molecular flexibility index (Phi) is 4.10. The Balaban J connectivity index is 2.38. The average molecular weight is 266 g/mol. The predicted molar refractivity (Wildman–Crippen MR) is 71.2 cm³/mol. The lowest BCUT2D eigenvalue weighted by atomic mass is 10.1. The summed E-state index contributed by atoms with van der Waals surface area (Å²) in [4.78, 5) is 8.33. The Labute approximate surface area is 110 Å². The molecule has 94 valence electrons. The van der Waals surface area contributed by atoms with Gasteiger partial charge in [-0.1, -0.05) is 24.6 Å². The van der Waals surface area contributed by atoms with Crippen LogP contribution in [0.2, 0.25) is 5.02 Å². The van der Waals surface area contributed by atoms with Crippen molar-refractivity contribution < 1.29 is 4.39 Å². The van der Waals surface area contributed by atoms with E-state index in [0.29, 0.717) is 22.2 Å². The van der Waals surface area contributed by atoms with Gasteiger partial charge in [0.15, 0.2) is 0 Å². The van der Waals surface area contributed by atoms with Crippen LogP contribution in [0.4, 0.5) is 10.3 Å². The molecule has 18 heavy (non-hydrogen) atoms. The molecule has 0 atom stereocenters. The maximum Gasteiger partial charge on any atom is 0.223 e. The number of benzene rings is 1. The van der Waals surface area contributed by atoms with E-state index in [1.165, 1.54) is 6.07 Å². The minimum atomic E-state index is -0.386. The predicted octanol–water partition coefficient (Wildman–Crippen LogP) is 3.76. The molecule has 0 saturated heterocycles. The Morgan fingerprint density at radius 2 is 2.17 bits per heavy atom. The van der Waals surface area contributed by atoms with E-state index in [0.717, 1.165) is 13.0 Å². The van der Waals surface area contributed by atoms with Gasteiger partial charge in [-0.3, -0.25) is 0 Å². The summed E-state index contributed by atoms with van der Waals surface area (Å²) < 4.78 is 13.8. The largest absolute Gasteiger partial charge is 0.354 e. The van der Waals surface area contributed by atoms with Gasteiger partial charge in [-0.25, -0.2) is 14.4 Å². The maximum absolute atomic E-state index is 13.8. The molecular formula is C13H13ClFN3. The molecule has 0 aliphatic heterocycles. The highest BCUT2D eigenvalue weighted by Crippen LogP contribution is 2.29. The number of halogens is 2. The van der Waals surface area contributed by atoms with Crippen LogP contribution in [0.25, 0.3) is 11.3 Å². The number of anilines is 1. The van der Waals surface area contributed by atoms with E-state index in [2.05, 4.69) is 15.3 Å². The van der Waals surface area contributed by atoms with Gasteiger partial charge < -0.3 is 5.32 Å². The van der Waals surface area contributed by atoms with Crippen molar-refractivity contribution in [3.05, 3.63) is 41.3 Å². The molecule has 2 aromatic rings. The number of hydrogen-bond donors (Lipinski definition) is 1. The first kappa shape index (κ1) is 12.8. The van der Waals surface area contributed by atoms with E-state index >= 15 is 0 Å². The summed E-state index contributed by atoms with van der Waals surface area (Å²) in [6, 6.07) is 6.21. The monoisotopic (exact) mass is 265 g/mol. The molecule has 0 amide bonds. The summed E-state index contributed by atoms with van der Waals surface area (Å²) in [6.45, 7) is 2.82. The van der Waals surface area contributed by atoms with Crippen molar-refractivity contribution in [1.29, 1.82) is 0 Å². The Morgan fingerprint density at radius 3 is 2.89 bits per heavy atom. The normalized spacial score (nSPS) is 10.4. The van der Waals surface area contributed by atoms with E-state index in [1.807, 2.05) is 6.92 Å². The molecule has 0 spiro atoms. The van der Waals surface area contributed by atoms with Crippen molar-refractivity contribution in [1.82, 2.24) is 9.97 Å². The van der Waals surface area contributed by atoms with Crippen LogP contribution in [0.3, 0.4) is 0 Å². The van der Waals surface area contributed by atoms with E-state index in [9.17, 15) is 4.39 Å². The molecule has 5 heteroatoms. The van der Waals surface area contributed by atoms with Crippen molar-refractivity contribution >= 4 is 17.5 Å². The fourth-order valence-electron chi connectivity index (χ4n) is 1.56. The zero-order chi connectivity index (χ0) is 13.0. The Morgan fingerprint density at radius 1 is 1.33 bits per heavy atom. The number of rotatable bonds is 4. The highest BCUT2D eigenvalue weighted by molar-refractivity contribution is 6.33. The van der Waals surface area contributed by atoms with Gasteiger partial charge in [0.1, 0.15) is 5.82 Å². The first-order valence-corrected chi connectivity index (χ1v) is 6.11. The molecule has 0 fully saturated rings. The van der Waals surface area contributed by atoms with Gasteiger partial charge >= 0.3 is 0 Å². The molecule has 0 bridgehead atoms. The summed E-state index contributed by atoms with van der Waals surface area (Å²) in [7, 11) is 0. The van der Waals surface area contributed by atoms with E-state index in [4.69, 9.17) is 11.6 Å². The average Bonchev–Trinajstić information content (AvgIpc) is 2.37. The minimum Gasteiger partial charge on any atom is -0.354 e. The minimum absolute atomic E-state index is 0.307. The van der Waals surface area contributed by atoms with Crippen molar-refractivity contribution in [3.8, 4) is 11.3 Å². The smallest absolute Gasteiger partial charge is 0.223 e. The molecule has 0 unspecified atom stereocenters. The van der Waals surface area contributed by atoms with E-state index < -0.39 is 0 Å². The third-order valence-corrected chi connectivity index (χ3v) is 2.72. The fraction of sp³-hybridized carbons (Fsp3) is 0.231. The van der Waals surface area contributed by atoms with Crippen molar-refractivity contribution in [2.75, 3.05) is 11.9 Å². The van der Waals surface area contributed by atoms with E-state index in [1.54, 1.807) is 24.4 Å². The fourth-order valence-corrected chi connectivity index (χ4v) is 1.82. The lowest BCUT2D eigenvalue weighted by Gasteiger charge is -2.07. The second kappa shape index (κ2) is 5.78. The van der Waals surface area contributed by atoms with Crippen LogP contribution in [0.15, 0.2) is 30.5 Å². The second-order valence-electron chi connectivity index (χ2n) is 3.79. The molecular weight excluding hydrogens is 253 g/mol. The second-order valence-corrected chi connectivity index (χ2v) is 4.20. The quantitative estimate of drug-likeness (QED) is 0.915. The molecule has 0 aliphatic carbocycles. The van der Waals surface area contributed by atoms with Gasteiger partial charge in [0.05, 0.1) is 16.3 Å². The Bertz CT molecular complexity index is 525. The molecule has 0 aliphatic rings. The first-order chi connectivity index (χ1) is 8.72. The highest BCUT2D eigenvalue weighted by Gasteiger charge is 2.11. The van der Waals surface area contributed by atoms with Gasteiger partial charge in [-0.2, -0.15) is 0 Å². The first-order valence-electron chi connectivity index (χ1n) is 5.73. The number of hydrogen-bond acceptors (Lipinski definition) is 3. The summed E-state index contributed by atoms with van der Waals surface area (Å²) in [5.41, 5.74) is 0.785. The van der Waals surface area contributed by atoms with Gasteiger partial charge in [-0.15, -0.1) is 0 Å². The molecule has 1 aromatic carbocycles. The van der Waals surface area contributed by atoms with Crippen LogP contribution in [0, 0.1) is 5.82 Å². The Hall–Kier alpha value is -1.68. The van der Waals surface area contributed by atoms with Gasteiger partial charge in [-0.05, 0) is 24.6 Å². The van der Waals surface area contributed by atoms with Crippen LogP contribution < -0.4 is 5.32 Å². The van der Waals surface area contributed by atoms with Crippen molar-refractivity contribution in [2.24, 2.45) is 0 Å².